The molecule has 1 aromatic carbocycles. The molecule has 0 saturated carbocycles. The topological polar surface area (TPSA) is 78.7 Å². The number of fused-ring (bicyclic) bond motifs is 1. The molecule has 1 aromatic heterocycles. The Morgan fingerprint density at radius 2 is 1.84 bits per heavy atom. The second-order valence-electron chi connectivity index (χ2n) is 6.46. The number of rotatable bonds is 4. The molecule has 1 aliphatic heterocycles. The van der Waals surface area contributed by atoms with E-state index in [0.717, 1.165) is 13.1 Å². The van der Waals surface area contributed by atoms with Crippen molar-refractivity contribution in [2.45, 2.75) is 26.5 Å². The van der Waals surface area contributed by atoms with E-state index in [1.165, 1.54) is 4.68 Å². The number of benzene rings is 1. The smallest absolute Gasteiger partial charge is 0.275 e. The molecule has 3 rings (SSSR count). The molecule has 0 radical (unpaired) electrons. The number of nitrogens with zero attached hydrogens (tertiary/aromatic N) is 4. The first kappa shape index (κ1) is 17.6. The number of piperazine rings is 1. The number of carbonyl (C=O) groups is 1. The molecule has 25 heavy (non-hydrogen) atoms. The van der Waals surface area contributed by atoms with Gasteiger partial charge in [0.1, 0.15) is 0 Å². The van der Waals surface area contributed by atoms with E-state index in [9.17, 15) is 14.7 Å². The Morgan fingerprint density at radius 1 is 1.20 bits per heavy atom. The zero-order chi connectivity index (χ0) is 18.0. The van der Waals surface area contributed by atoms with Crippen molar-refractivity contribution in [2.24, 2.45) is 0 Å². The average Bonchev–Trinajstić information content (AvgIpc) is 2.62. The van der Waals surface area contributed by atoms with Gasteiger partial charge in [-0.1, -0.05) is 18.2 Å². The quantitative estimate of drug-likeness (QED) is 0.877. The number of hydrogen-bond donors (Lipinski definition) is 1. The number of carbonyl (C=O) groups excluding carboxylic acids is 1. The maximum Gasteiger partial charge on any atom is 0.275 e. The Hall–Kier alpha value is -2.25. The number of aliphatic hydroxyl groups is 1. The van der Waals surface area contributed by atoms with Gasteiger partial charge in [-0.05, 0) is 19.9 Å². The molecule has 1 unspecified atom stereocenters. The van der Waals surface area contributed by atoms with E-state index in [0.29, 0.717) is 42.6 Å². The average molecular weight is 344 g/mol. The molecule has 0 aliphatic carbocycles. The Labute approximate surface area is 146 Å². The molecule has 0 spiro atoms. The predicted octanol–water partition coefficient (Wildman–Crippen LogP) is 0.555. The molecule has 2 aromatic rings. The van der Waals surface area contributed by atoms with Gasteiger partial charge in [0, 0.05) is 44.7 Å². The molecule has 7 nitrogen and oxygen atoms in total. The van der Waals surface area contributed by atoms with Crippen molar-refractivity contribution in [1.82, 2.24) is 19.6 Å². The Bertz CT molecular complexity index is 823. The monoisotopic (exact) mass is 344 g/mol. The van der Waals surface area contributed by atoms with Gasteiger partial charge in [-0.15, -0.1) is 0 Å². The molecular weight excluding hydrogens is 320 g/mol. The van der Waals surface area contributed by atoms with Gasteiger partial charge in [0.15, 0.2) is 5.69 Å². The summed E-state index contributed by atoms with van der Waals surface area (Å²) in [6.45, 7) is 7.27. The van der Waals surface area contributed by atoms with Crippen LogP contribution < -0.4 is 5.56 Å². The van der Waals surface area contributed by atoms with Crippen molar-refractivity contribution < 1.29 is 9.90 Å². The lowest BCUT2D eigenvalue weighted by atomic mass is 10.1. The highest BCUT2D eigenvalue weighted by atomic mass is 16.3. The van der Waals surface area contributed by atoms with E-state index in [-0.39, 0.29) is 17.6 Å². The Morgan fingerprint density at radius 3 is 2.44 bits per heavy atom. The third-order valence-electron chi connectivity index (χ3n) is 4.55. The maximum absolute atomic E-state index is 13.0. The van der Waals surface area contributed by atoms with Crippen molar-refractivity contribution in [2.75, 3.05) is 32.7 Å². The van der Waals surface area contributed by atoms with Crippen LogP contribution in [0.3, 0.4) is 0 Å². The largest absolute Gasteiger partial charge is 0.392 e. The fourth-order valence-corrected chi connectivity index (χ4v) is 3.26. The molecule has 134 valence electrons. The van der Waals surface area contributed by atoms with Crippen LogP contribution in [0.15, 0.2) is 29.1 Å². The molecule has 1 N–H and O–H groups in total. The summed E-state index contributed by atoms with van der Waals surface area (Å²) in [7, 11) is 0. The molecule has 1 amide bonds. The third kappa shape index (κ3) is 3.57. The molecule has 1 atom stereocenters. The summed E-state index contributed by atoms with van der Waals surface area (Å²) in [6, 6.07) is 7.13. The van der Waals surface area contributed by atoms with Crippen molar-refractivity contribution in [3.8, 4) is 0 Å². The van der Waals surface area contributed by atoms with Crippen molar-refractivity contribution >= 4 is 16.7 Å². The van der Waals surface area contributed by atoms with Crippen LogP contribution >= 0.6 is 0 Å². The summed E-state index contributed by atoms with van der Waals surface area (Å²) in [5.74, 6) is -0.143. The van der Waals surface area contributed by atoms with Crippen LogP contribution in [0.4, 0.5) is 0 Å². The van der Waals surface area contributed by atoms with Crippen molar-refractivity contribution in [3.63, 3.8) is 0 Å². The Kier molecular flexibility index (Phi) is 5.15. The van der Waals surface area contributed by atoms with E-state index >= 15 is 0 Å². The van der Waals surface area contributed by atoms with Crippen molar-refractivity contribution in [3.05, 3.63) is 40.3 Å². The van der Waals surface area contributed by atoms with E-state index in [2.05, 4.69) is 10.00 Å². The van der Waals surface area contributed by atoms with Crippen molar-refractivity contribution in [1.29, 1.82) is 0 Å². The van der Waals surface area contributed by atoms with E-state index in [1.54, 1.807) is 30.0 Å². The van der Waals surface area contributed by atoms with Crippen LogP contribution in [0.5, 0.6) is 0 Å². The number of β-amino-alcohol motifs (C(OH)–C–C–N with tert-alkyl or cyclic N) is 1. The molecule has 2 heterocycles. The summed E-state index contributed by atoms with van der Waals surface area (Å²) in [4.78, 5) is 29.3. The van der Waals surface area contributed by atoms with Gasteiger partial charge in [-0.25, -0.2) is 4.68 Å². The molecule has 1 saturated heterocycles. The van der Waals surface area contributed by atoms with Crippen LogP contribution in [0.1, 0.15) is 24.3 Å². The predicted molar refractivity (Wildman–Crippen MR) is 95.7 cm³/mol. The normalized spacial score (nSPS) is 17.0. The number of aliphatic hydroxyl groups excluding tert-OH is 1. The summed E-state index contributed by atoms with van der Waals surface area (Å²) in [6.07, 6.45) is -0.374. The highest BCUT2D eigenvalue weighted by molar-refractivity contribution is 6.04. The summed E-state index contributed by atoms with van der Waals surface area (Å²) in [5.41, 5.74) is 0.164. The maximum atomic E-state index is 13.0. The zero-order valence-corrected chi connectivity index (χ0v) is 14.7. The SMILES string of the molecule is CCn1nc(C(=O)N2CCN(CC(C)O)CC2)c2ccccc2c1=O. The van der Waals surface area contributed by atoms with Gasteiger partial charge in [-0.2, -0.15) is 5.10 Å². The minimum Gasteiger partial charge on any atom is -0.392 e. The van der Waals surface area contributed by atoms with Gasteiger partial charge in [0.2, 0.25) is 0 Å². The Balaban J connectivity index is 1.88. The number of aromatic nitrogens is 2. The highest BCUT2D eigenvalue weighted by Crippen LogP contribution is 2.16. The lowest BCUT2D eigenvalue weighted by molar-refractivity contribution is 0.0549. The highest BCUT2D eigenvalue weighted by Gasteiger charge is 2.26. The second kappa shape index (κ2) is 7.33. The van der Waals surface area contributed by atoms with Gasteiger partial charge < -0.3 is 10.0 Å². The van der Waals surface area contributed by atoms with Gasteiger partial charge in [0.05, 0.1) is 11.5 Å². The summed E-state index contributed by atoms with van der Waals surface area (Å²) >= 11 is 0. The van der Waals surface area contributed by atoms with E-state index in [4.69, 9.17) is 0 Å². The molecule has 7 heteroatoms. The number of hydrogen-bond acceptors (Lipinski definition) is 5. The van der Waals surface area contributed by atoms with Crippen LogP contribution in [-0.4, -0.2) is 69.4 Å². The first-order valence-corrected chi connectivity index (χ1v) is 8.70. The van der Waals surface area contributed by atoms with Crippen LogP contribution in [-0.2, 0) is 6.54 Å². The fraction of sp³-hybridized carbons (Fsp3) is 0.500. The van der Waals surface area contributed by atoms with Crippen LogP contribution in [0.25, 0.3) is 10.8 Å². The van der Waals surface area contributed by atoms with Gasteiger partial charge in [-0.3, -0.25) is 14.5 Å². The lowest BCUT2D eigenvalue weighted by Crippen LogP contribution is -2.50. The second-order valence-corrected chi connectivity index (χ2v) is 6.46. The standard InChI is InChI=1S/C18H24N4O3/c1-3-22-17(24)15-7-5-4-6-14(15)16(19-22)18(25)21-10-8-20(9-11-21)12-13(2)23/h4-7,13,23H,3,8-12H2,1-2H3. The van der Waals surface area contributed by atoms with Crippen LogP contribution in [0, 0.1) is 0 Å². The zero-order valence-electron chi connectivity index (χ0n) is 14.7. The molecule has 1 aliphatic rings. The minimum atomic E-state index is -0.374. The van der Waals surface area contributed by atoms with Crippen LogP contribution in [0.2, 0.25) is 0 Å². The van der Waals surface area contributed by atoms with Gasteiger partial charge in [0.25, 0.3) is 11.5 Å². The summed E-state index contributed by atoms with van der Waals surface area (Å²) < 4.78 is 1.35. The fourth-order valence-electron chi connectivity index (χ4n) is 3.26. The van der Waals surface area contributed by atoms with E-state index in [1.807, 2.05) is 13.0 Å². The first-order chi connectivity index (χ1) is 12.0. The lowest BCUT2D eigenvalue weighted by Gasteiger charge is -2.35. The first-order valence-electron chi connectivity index (χ1n) is 8.70. The molecular formula is C18H24N4O3. The van der Waals surface area contributed by atoms with Gasteiger partial charge >= 0.3 is 0 Å². The van der Waals surface area contributed by atoms with E-state index < -0.39 is 0 Å². The number of aryl methyl sites for hydroxylation is 1. The molecule has 1 fully saturated rings. The minimum absolute atomic E-state index is 0.143. The molecule has 0 bridgehead atoms. The summed E-state index contributed by atoms with van der Waals surface area (Å²) in [5, 5.41) is 14.9. The third-order valence-corrected chi connectivity index (χ3v) is 4.55. The number of amides is 1.